The standard InChI is InChI=1S/C26H28ClNO/c1-19(23-9-4-6-20(16-23)17-25-10-5-15-29-25)28-14-13-22-8-3-2-7-21-11-12-24(27)18-26(21)22/h5-6,8,10-12,15-16,18,28H,1-4,7,9,13-14,17H2. The lowest BCUT2D eigenvalue weighted by Crippen LogP contribution is -2.17. The molecule has 0 saturated heterocycles. The Labute approximate surface area is 178 Å². The van der Waals surface area contributed by atoms with E-state index < -0.39 is 0 Å². The first-order valence-corrected chi connectivity index (χ1v) is 10.9. The molecule has 0 fully saturated rings. The van der Waals surface area contributed by atoms with E-state index in [2.05, 4.69) is 42.3 Å². The highest BCUT2D eigenvalue weighted by Gasteiger charge is 2.13. The molecular weight excluding hydrogens is 378 g/mol. The highest BCUT2D eigenvalue weighted by molar-refractivity contribution is 6.30. The van der Waals surface area contributed by atoms with Crippen LogP contribution in [0.5, 0.6) is 0 Å². The summed E-state index contributed by atoms with van der Waals surface area (Å²) in [6, 6.07) is 10.3. The Morgan fingerprint density at radius 3 is 2.93 bits per heavy atom. The molecule has 0 amide bonds. The van der Waals surface area contributed by atoms with E-state index in [0.717, 1.165) is 61.5 Å². The van der Waals surface area contributed by atoms with E-state index in [4.69, 9.17) is 16.0 Å². The van der Waals surface area contributed by atoms with Crippen molar-refractivity contribution < 1.29 is 4.42 Å². The van der Waals surface area contributed by atoms with E-state index in [1.165, 1.54) is 34.3 Å². The van der Waals surface area contributed by atoms with Gasteiger partial charge in [0.2, 0.25) is 0 Å². The van der Waals surface area contributed by atoms with E-state index in [0.29, 0.717) is 0 Å². The average molecular weight is 406 g/mol. The van der Waals surface area contributed by atoms with Crippen molar-refractivity contribution in [1.82, 2.24) is 5.32 Å². The number of aryl methyl sites for hydroxylation is 1. The Hall–Kier alpha value is -2.45. The number of benzene rings is 1. The van der Waals surface area contributed by atoms with Crippen LogP contribution in [-0.2, 0) is 12.8 Å². The average Bonchev–Trinajstić information content (AvgIpc) is 3.15. The summed E-state index contributed by atoms with van der Waals surface area (Å²) < 4.78 is 5.49. The molecule has 1 aromatic heterocycles. The van der Waals surface area contributed by atoms with Crippen molar-refractivity contribution in [3.63, 3.8) is 0 Å². The van der Waals surface area contributed by atoms with Crippen LogP contribution in [0.15, 0.2) is 82.7 Å². The number of allylic oxidation sites excluding steroid dienone is 5. The van der Waals surface area contributed by atoms with Crippen molar-refractivity contribution in [2.45, 2.75) is 44.9 Å². The molecule has 2 nitrogen and oxygen atoms in total. The third-order valence-electron chi connectivity index (χ3n) is 5.72. The molecule has 29 heavy (non-hydrogen) atoms. The van der Waals surface area contributed by atoms with Gasteiger partial charge in [0.15, 0.2) is 0 Å². The van der Waals surface area contributed by atoms with Gasteiger partial charge in [-0.2, -0.15) is 0 Å². The second-order valence-corrected chi connectivity index (χ2v) is 8.26. The number of furan rings is 1. The zero-order valence-electron chi connectivity index (χ0n) is 16.8. The lowest BCUT2D eigenvalue weighted by Gasteiger charge is -2.18. The summed E-state index contributed by atoms with van der Waals surface area (Å²) >= 11 is 6.27. The molecule has 1 heterocycles. The summed E-state index contributed by atoms with van der Waals surface area (Å²) in [5.74, 6) is 1.00. The summed E-state index contributed by atoms with van der Waals surface area (Å²) in [5.41, 5.74) is 7.78. The largest absolute Gasteiger partial charge is 0.469 e. The molecule has 0 saturated carbocycles. The monoisotopic (exact) mass is 405 g/mol. The zero-order valence-corrected chi connectivity index (χ0v) is 17.6. The molecule has 1 aromatic carbocycles. The van der Waals surface area contributed by atoms with Gasteiger partial charge < -0.3 is 9.73 Å². The number of nitrogens with one attached hydrogen (secondary N) is 1. The minimum absolute atomic E-state index is 0.817. The topological polar surface area (TPSA) is 25.2 Å². The summed E-state index contributed by atoms with van der Waals surface area (Å²) in [6.45, 7) is 5.18. The summed E-state index contributed by atoms with van der Waals surface area (Å²) in [7, 11) is 0. The Bertz CT molecular complexity index is 963. The van der Waals surface area contributed by atoms with Gasteiger partial charge in [0.1, 0.15) is 5.76 Å². The maximum absolute atomic E-state index is 6.27. The molecule has 0 bridgehead atoms. The molecule has 2 aromatic rings. The quantitative estimate of drug-likeness (QED) is 0.534. The van der Waals surface area contributed by atoms with E-state index in [1.807, 2.05) is 18.2 Å². The van der Waals surface area contributed by atoms with Gasteiger partial charge in [-0.25, -0.2) is 0 Å². The third-order valence-corrected chi connectivity index (χ3v) is 5.95. The molecule has 0 aliphatic heterocycles. The van der Waals surface area contributed by atoms with Crippen LogP contribution >= 0.6 is 11.6 Å². The highest BCUT2D eigenvalue weighted by atomic mass is 35.5. The van der Waals surface area contributed by atoms with Crippen molar-refractivity contribution in [2.24, 2.45) is 0 Å². The first kappa shape index (κ1) is 19.8. The van der Waals surface area contributed by atoms with E-state index in [9.17, 15) is 0 Å². The fourth-order valence-electron chi connectivity index (χ4n) is 4.19. The predicted molar refractivity (Wildman–Crippen MR) is 122 cm³/mol. The van der Waals surface area contributed by atoms with Gasteiger partial charge >= 0.3 is 0 Å². The van der Waals surface area contributed by atoms with E-state index in [-0.39, 0.29) is 0 Å². The minimum Gasteiger partial charge on any atom is -0.469 e. The Morgan fingerprint density at radius 1 is 1.14 bits per heavy atom. The smallest absolute Gasteiger partial charge is 0.108 e. The predicted octanol–water partition coefficient (Wildman–Crippen LogP) is 7.04. The molecule has 0 atom stereocenters. The molecule has 1 N–H and O–H groups in total. The number of hydrogen-bond acceptors (Lipinski definition) is 2. The van der Waals surface area contributed by atoms with Gasteiger partial charge in [0.25, 0.3) is 0 Å². The molecule has 0 unspecified atom stereocenters. The lowest BCUT2D eigenvalue weighted by molar-refractivity contribution is 0.520. The second kappa shape index (κ2) is 9.37. The summed E-state index contributed by atoms with van der Waals surface area (Å²) in [5, 5.41) is 4.37. The van der Waals surface area contributed by atoms with Crippen LogP contribution in [0.3, 0.4) is 0 Å². The van der Waals surface area contributed by atoms with Gasteiger partial charge in [-0.05, 0) is 90.6 Å². The molecule has 3 heteroatoms. The Balaban J connectivity index is 1.36. The van der Waals surface area contributed by atoms with E-state index >= 15 is 0 Å². The summed E-state index contributed by atoms with van der Waals surface area (Å²) in [4.78, 5) is 0. The van der Waals surface area contributed by atoms with Crippen LogP contribution < -0.4 is 5.32 Å². The van der Waals surface area contributed by atoms with Crippen molar-refractivity contribution in [1.29, 1.82) is 0 Å². The van der Waals surface area contributed by atoms with Crippen LogP contribution in [0.25, 0.3) is 5.57 Å². The van der Waals surface area contributed by atoms with Crippen LogP contribution in [0.2, 0.25) is 5.02 Å². The fraction of sp³-hybridized carbons (Fsp3) is 0.308. The first-order valence-electron chi connectivity index (χ1n) is 10.5. The maximum Gasteiger partial charge on any atom is 0.108 e. The molecular formula is C26H28ClNO. The van der Waals surface area contributed by atoms with Crippen LogP contribution in [0.1, 0.15) is 49.0 Å². The second-order valence-electron chi connectivity index (χ2n) is 7.82. The summed E-state index contributed by atoms with van der Waals surface area (Å²) in [6.07, 6.45) is 16.1. The van der Waals surface area contributed by atoms with Crippen LogP contribution in [0.4, 0.5) is 0 Å². The lowest BCUT2D eigenvalue weighted by atomic mass is 9.94. The van der Waals surface area contributed by atoms with Gasteiger partial charge in [-0.15, -0.1) is 0 Å². The number of hydrogen-bond donors (Lipinski definition) is 1. The number of halogens is 1. The normalized spacial score (nSPS) is 16.2. The van der Waals surface area contributed by atoms with Gasteiger partial charge in [-0.1, -0.05) is 42.5 Å². The first-order chi connectivity index (χ1) is 14.2. The molecule has 0 radical (unpaired) electrons. The highest BCUT2D eigenvalue weighted by Crippen LogP contribution is 2.30. The van der Waals surface area contributed by atoms with Gasteiger partial charge in [0, 0.05) is 23.7 Å². The van der Waals surface area contributed by atoms with Crippen LogP contribution in [0, 0.1) is 0 Å². The Morgan fingerprint density at radius 2 is 2.07 bits per heavy atom. The molecule has 150 valence electrons. The number of rotatable bonds is 7. The minimum atomic E-state index is 0.817. The fourth-order valence-corrected chi connectivity index (χ4v) is 4.36. The van der Waals surface area contributed by atoms with Crippen LogP contribution in [-0.4, -0.2) is 6.54 Å². The molecule has 4 rings (SSSR count). The maximum atomic E-state index is 6.27. The van der Waals surface area contributed by atoms with Gasteiger partial charge in [0.05, 0.1) is 6.26 Å². The van der Waals surface area contributed by atoms with Crippen molar-refractivity contribution in [3.05, 3.63) is 100 Å². The zero-order chi connectivity index (χ0) is 20.1. The van der Waals surface area contributed by atoms with Gasteiger partial charge in [-0.3, -0.25) is 0 Å². The van der Waals surface area contributed by atoms with E-state index in [1.54, 1.807) is 6.26 Å². The van der Waals surface area contributed by atoms with Crippen molar-refractivity contribution in [3.8, 4) is 0 Å². The van der Waals surface area contributed by atoms with Crippen molar-refractivity contribution in [2.75, 3.05) is 6.54 Å². The SMILES string of the molecule is C=C(NCCC1=CCCCc2ccc(Cl)cc21)C1=CC(Cc2ccco2)=CCC1. The molecule has 2 aliphatic carbocycles. The Kier molecular flexibility index (Phi) is 6.41. The molecule has 0 spiro atoms. The number of fused-ring (bicyclic) bond motifs is 1. The molecule has 2 aliphatic rings. The third kappa shape index (κ3) is 5.13. The van der Waals surface area contributed by atoms with Crippen molar-refractivity contribution >= 4 is 17.2 Å².